The largest absolute Gasteiger partial charge is 0.492 e. The normalized spacial score (nSPS) is 11.2. The minimum atomic E-state index is -1.03. The highest BCUT2D eigenvalue weighted by molar-refractivity contribution is 5.97. The standard InChI is InChI=1S/C20H22N2O5/c1-3-26-17-12-8-7-11-16(17)22-19(24)14(2)27-18(23)13-21-20(25)15-9-5-4-6-10-15/h4-12,14H,3,13H2,1-2H3,(H,21,25)(H,22,24)/t14-/m1/s1. The lowest BCUT2D eigenvalue weighted by Crippen LogP contribution is -2.35. The molecule has 0 saturated carbocycles. The van der Waals surface area contributed by atoms with Crippen LogP contribution in [0.1, 0.15) is 24.2 Å². The number of ether oxygens (including phenoxy) is 2. The molecule has 0 unspecified atom stereocenters. The van der Waals surface area contributed by atoms with Crippen molar-refractivity contribution in [3.05, 3.63) is 60.2 Å². The van der Waals surface area contributed by atoms with E-state index in [-0.39, 0.29) is 6.54 Å². The molecule has 0 fully saturated rings. The van der Waals surface area contributed by atoms with Gasteiger partial charge in [-0.15, -0.1) is 0 Å². The summed E-state index contributed by atoms with van der Waals surface area (Å²) in [4.78, 5) is 36.0. The van der Waals surface area contributed by atoms with Crippen LogP contribution in [0.25, 0.3) is 0 Å². The molecule has 2 aromatic rings. The van der Waals surface area contributed by atoms with Gasteiger partial charge in [-0.1, -0.05) is 30.3 Å². The monoisotopic (exact) mass is 370 g/mol. The van der Waals surface area contributed by atoms with Crippen LogP contribution in [-0.2, 0) is 14.3 Å². The lowest BCUT2D eigenvalue weighted by atomic mass is 10.2. The zero-order valence-electron chi connectivity index (χ0n) is 15.2. The highest BCUT2D eigenvalue weighted by Crippen LogP contribution is 2.23. The fraction of sp³-hybridized carbons (Fsp3) is 0.250. The minimum Gasteiger partial charge on any atom is -0.492 e. The van der Waals surface area contributed by atoms with E-state index in [1.807, 2.05) is 6.92 Å². The van der Waals surface area contributed by atoms with Crippen molar-refractivity contribution in [1.29, 1.82) is 0 Å². The van der Waals surface area contributed by atoms with E-state index in [0.29, 0.717) is 23.6 Å². The average molecular weight is 370 g/mol. The second kappa shape index (κ2) is 9.96. The van der Waals surface area contributed by atoms with Gasteiger partial charge in [-0.05, 0) is 38.1 Å². The first-order valence-electron chi connectivity index (χ1n) is 8.56. The number of carbonyl (C=O) groups is 3. The molecule has 2 N–H and O–H groups in total. The summed E-state index contributed by atoms with van der Waals surface area (Å²) in [5.41, 5.74) is 0.924. The van der Waals surface area contributed by atoms with Crippen molar-refractivity contribution in [2.24, 2.45) is 0 Å². The fourth-order valence-corrected chi connectivity index (χ4v) is 2.22. The third kappa shape index (κ3) is 6.14. The molecule has 1 atom stereocenters. The topological polar surface area (TPSA) is 93.7 Å². The molecule has 27 heavy (non-hydrogen) atoms. The van der Waals surface area contributed by atoms with E-state index in [1.165, 1.54) is 6.92 Å². The molecule has 0 aliphatic heterocycles. The van der Waals surface area contributed by atoms with Gasteiger partial charge in [0.15, 0.2) is 6.10 Å². The summed E-state index contributed by atoms with van der Waals surface area (Å²) in [5.74, 6) is -1.07. The number of hydrogen-bond donors (Lipinski definition) is 2. The minimum absolute atomic E-state index is 0.332. The predicted octanol–water partition coefficient (Wildman–Crippen LogP) is 2.39. The van der Waals surface area contributed by atoms with Gasteiger partial charge in [0, 0.05) is 5.56 Å². The number of amides is 2. The Balaban J connectivity index is 1.83. The highest BCUT2D eigenvalue weighted by atomic mass is 16.5. The number of rotatable bonds is 8. The van der Waals surface area contributed by atoms with Crippen LogP contribution >= 0.6 is 0 Å². The summed E-state index contributed by atoms with van der Waals surface area (Å²) in [6, 6.07) is 15.5. The van der Waals surface area contributed by atoms with Crippen LogP contribution in [-0.4, -0.2) is 37.0 Å². The van der Waals surface area contributed by atoms with Crippen LogP contribution in [0.4, 0.5) is 5.69 Å². The van der Waals surface area contributed by atoms with Crippen LogP contribution in [0.3, 0.4) is 0 Å². The molecule has 2 amide bonds. The quantitative estimate of drug-likeness (QED) is 0.696. The van der Waals surface area contributed by atoms with Crippen LogP contribution in [0.2, 0.25) is 0 Å². The molecule has 7 nitrogen and oxygen atoms in total. The molecule has 142 valence electrons. The van der Waals surface area contributed by atoms with E-state index in [9.17, 15) is 14.4 Å². The Labute approximate surface area is 157 Å². The number of esters is 1. The zero-order chi connectivity index (χ0) is 19.6. The Morgan fingerprint density at radius 2 is 1.67 bits per heavy atom. The molecule has 2 aromatic carbocycles. The molecule has 7 heteroatoms. The summed E-state index contributed by atoms with van der Waals surface area (Å²) in [5, 5.41) is 5.12. The van der Waals surface area contributed by atoms with E-state index in [4.69, 9.17) is 9.47 Å². The average Bonchev–Trinajstić information content (AvgIpc) is 2.68. The first kappa shape index (κ1) is 20.0. The molecule has 2 rings (SSSR count). The Hall–Kier alpha value is -3.35. The fourth-order valence-electron chi connectivity index (χ4n) is 2.22. The van der Waals surface area contributed by atoms with Gasteiger partial charge in [-0.3, -0.25) is 14.4 Å². The van der Waals surface area contributed by atoms with Crippen LogP contribution in [0.5, 0.6) is 5.75 Å². The maximum absolute atomic E-state index is 12.2. The summed E-state index contributed by atoms with van der Waals surface area (Å²) in [6.45, 7) is 3.42. The molecule has 0 heterocycles. The molecule has 0 aromatic heterocycles. The van der Waals surface area contributed by atoms with Gasteiger partial charge in [0.2, 0.25) is 0 Å². The Bertz CT molecular complexity index is 792. The van der Waals surface area contributed by atoms with Gasteiger partial charge in [-0.2, -0.15) is 0 Å². The molecular formula is C20H22N2O5. The lowest BCUT2D eigenvalue weighted by molar-refractivity contribution is -0.152. The number of carbonyl (C=O) groups excluding carboxylic acids is 3. The molecular weight excluding hydrogens is 348 g/mol. The van der Waals surface area contributed by atoms with Gasteiger partial charge >= 0.3 is 5.97 Å². The third-order valence-corrected chi connectivity index (χ3v) is 3.55. The molecule has 0 aliphatic carbocycles. The Morgan fingerprint density at radius 1 is 1.00 bits per heavy atom. The van der Waals surface area contributed by atoms with Crippen molar-refractivity contribution in [2.75, 3.05) is 18.5 Å². The summed E-state index contributed by atoms with van der Waals surface area (Å²) in [7, 11) is 0. The van der Waals surface area contributed by atoms with Crippen molar-refractivity contribution in [3.63, 3.8) is 0 Å². The Morgan fingerprint density at radius 3 is 2.37 bits per heavy atom. The first-order chi connectivity index (χ1) is 13.0. The predicted molar refractivity (Wildman–Crippen MR) is 101 cm³/mol. The van der Waals surface area contributed by atoms with Crippen LogP contribution in [0.15, 0.2) is 54.6 Å². The maximum Gasteiger partial charge on any atom is 0.326 e. The second-order valence-electron chi connectivity index (χ2n) is 5.60. The number of nitrogens with one attached hydrogen (secondary N) is 2. The van der Waals surface area contributed by atoms with Gasteiger partial charge in [0.25, 0.3) is 11.8 Å². The summed E-state index contributed by atoms with van der Waals surface area (Å²) in [6.07, 6.45) is -1.03. The lowest BCUT2D eigenvalue weighted by Gasteiger charge is -2.15. The molecule has 0 radical (unpaired) electrons. The van der Waals surface area contributed by atoms with E-state index < -0.39 is 23.9 Å². The SMILES string of the molecule is CCOc1ccccc1NC(=O)[C@@H](C)OC(=O)CNC(=O)c1ccccc1. The second-order valence-corrected chi connectivity index (χ2v) is 5.60. The highest BCUT2D eigenvalue weighted by Gasteiger charge is 2.19. The number of anilines is 1. The molecule has 0 spiro atoms. The van der Waals surface area contributed by atoms with Crippen molar-refractivity contribution in [3.8, 4) is 5.75 Å². The van der Waals surface area contributed by atoms with Crippen molar-refractivity contribution >= 4 is 23.5 Å². The molecule has 0 saturated heterocycles. The van der Waals surface area contributed by atoms with Crippen LogP contribution in [0, 0.1) is 0 Å². The van der Waals surface area contributed by atoms with Gasteiger partial charge in [0.05, 0.1) is 12.3 Å². The number of para-hydroxylation sites is 2. The summed E-state index contributed by atoms with van der Waals surface area (Å²) < 4.78 is 10.5. The van der Waals surface area contributed by atoms with E-state index in [0.717, 1.165) is 0 Å². The van der Waals surface area contributed by atoms with Crippen LogP contribution < -0.4 is 15.4 Å². The van der Waals surface area contributed by atoms with E-state index in [2.05, 4.69) is 10.6 Å². The zero-order valence-corrected chi connectivity index (χ0v) is 15.2. The van der Waals surface area contributed by atoms with E-state index >= 15 is 0 Å². The molecule has 0 bridgehead atoms. The van der Waals surface area contributed by atoms with Gasteiger partial charge in [0.1, 0.15) is 12.3 Å². The van der Waals surface area contributed by atoms with Crippen molar-refractivity contribution in [1.82, 2.24) is 5.32 Å². The van der Waals surface area contributed by atoms with Gasteiger partial charge < -0.3 is 20.1 Å². The summed E-state index contributed by atoms with van der Waals surface area (Å²) >= 11 is 0. The van der Waals surface area contributed by atoms with Crippen molar-refractivity contribution in [2.45, 2.75) is 20.0 Å². The number of benzene rings is 2. The smallest absolute Gasteiger partial charge is 0.326 e. The van der Waals surface area contributed by atoms with Crippen molar-refractivity contribution < 1.29 is 23.9 Å². The molecule has 0 aliphatic rings. The van der Waals surface area contributed by atoms with Gasteiger partial charge in [-0.25, -0.2) is 0 Å². The third-order valence-electron chi connectivity index (χ3n) is 3.55. The first-order valence-corrected chi connectivity index (χ1v) is 8.56. The van der Waals surface area contributed by atoms with E-state index in [1.54, 1.807) is 54.6 Å². The Kier molecular flexibility index (Phi) is 7.37. The number of hydrogen-bond acceptors (Lipinski definition) is 5. The maximum atomic E-state index is 12.2.